The lowest BCUT2D eigenvalue weighted by Gasteiger charge is -2.18. The fourth-order valence-electron chi connectivity index (χ4n) is 4.05. The number of alkyl halides is 3. The molecule has 0 aromatic heterocycles. The SMILES string of the molecule is C=N/C(=N\N(C)c1ccc(OC(F)(F)F)cc1)c1cccc(CCNC(=O)/N=C2\SCC(=O)N2c2ccccc2C)c1. The van der Waals surface area contributed by atoms with E-state index in [1.54, 1.807) is 13.1 Å². The highest BCUT2D eigenvalue weighted by atomic mass is 32.2. The quantitative estimate of drug-likeness (QED) is 0.202. The molecule has 1 heterocycles. The van der Waals surface area contributed by atoms with Crippen molar-refractivity contribution in [1.82, 2.24) is 5.32 Å². The first-order chi connectivity index (χ1) is 20.0. The Morgan fingerprint density at radius 2 is 1.86 bits per heavy atom. The highest BCUT2D eigenvalue weighted by Crippen LogP contribution is 2.29. The molecule has 4 rings (SSSR count). The smallest absolute Gasteiger partial charge is 0.406 e. The summed E-state index contributed by atoms with van der Waals surface area (Å²) in [6, 6.07) is 19.5. The van der Waals surface area contributed by atoms with Crippen LogP contribution in [0, 0.1) is 6.92 Å². The molecule has 3 aromatic carbocycles. The topological polar surface area (TPSA) is 99.0 Å². The normalized spacial score (nSPS) is 14.7. The van der Waals surface area contributed by atoms with Gasteiger partial charge < -0.3 is 10.1 Å². The van der Waals surface area contributed by atoms with Crippen molar-refractivity contribution in [2.75, 3.05) is 29.3 Å². The maximum Gasteiger partial charge on any atom is 0.573 e. The molecule has 42 heavy (non-hydrogen) atoms. The lowest BCUT2D eigenvalue weighted by molar-refractivity contribution is -0.274. The third kappa shape index (κ3) is 7.97. The maximum absolute atomic E-state index is 12.6. The van der Waals surface area contributed by atoms with Gasteiger partial charge in [-0.05, 0) is 67.6 Å². The molecule has 0 bridgehead atoms. The van der Waals surface area contributed by atoms with Gasteiger partial charge in [-0.2, -0.15) is 10.1 Å². The van der Waals surface area contributed by atoms with E-state index in [0.717, 1.165) is 11.1 Å². The van der Waals surface area contributed by atoms with Crippen LogP contribution < -0.4 is 20.0 Å². The molecule has 0 aliphatic carbocycles. The summed E-state index contributed by atoms with van der Waals surface area (Å²) < 4.78 is 41.2. The van der Waals surface area contributed by atoms with E-state index in [-0.39, 0.29) is 17.4 Å². The summed E-state index contributed by atoms with van der Waals surface area (Å²) in [5.74, 6) is 0.0336. The molecular formula is C29H27F3N6O3S. The van der Waals surface area contributed by atoms with Crippen LogP contribution in [0.5, 0.6) is 5.75 Å². The molecule has 0 spiro atoms. The first-order valence-electron chi connectivity index (χ1n) is 12.7. The lowest BCUT2D eigenvalue weighted by Crippen LogP contribution is -2.32. The Kier molecular flexibility index (Phi) is 9.63. The first-order valence-corrected chi connectivity index (χ1v) is 13.6. The van der Waals surface area contributed by atoms with E-state index in [2.05, 4.69) is 31.9 Å². The summed E-state index contributed by atoms with van der Waals surface area (Å²) in [5, 5.41) is 8.98. The van der Waals surface area contributed by atoms with E-state index in [1.807, 2.05) is 49.4 Å². The number of anilines is 2. The Morgan fingerprint density at radius 1 is 1.12 bits per heavy atom. The van der Waals surface area contributed by atoms with Crippen molar-refractivity contribution >= 4 is 52.8 Å². The number of carbonyl (C=O) groups excluding carboxylic acids is 2. The zero-order valence-corrected chi connectivity index (χ0v) is 23.6. The average molecular weight is 597 g/mol. The number of aliphatic imine (C=N–C) groups is 2. The fourth-order valence-corrected chi connectivity index (χ4v) is 4.90. The molecule has 0 unspecified atom stereocenters. The summed E-state index contributed by atoms with van der Waals surface area (Å²) in [6.07, 6.45) is -4.29. The molecule has 1 N–H and O–H groups in total. The van der Waals surface area contributed by atoms with Crippen molar-refractivity contribution in [3.8, 4) is 5.75 Å². The van der Waals surface area contributed by atoms with Crippen molar-refractivity contribution in [3.63, 3.8) is 0 Å². The number of rotatable bonds is 8. The Hall–Kier alpha value is -4.65. The maximum atomic E-state index is 12.6. The van der Waals surface area contributed by atoms with E-state index < -0.39 is 12.4 Å². The van der Waals surface area contributed by atoms with Crippen LogP contribution in [0.1, 0.15) is 16.7 Å². The lowest BCUT2D eigenvalue weighted by atomic mass is 10.1. The molecule has 1 fully saturated rings. The zero-order chi connectivity index (χ0) is 30.3. The Balaban J connectivity index is 1.37. The number of amides is 3. The second kappa shape index (κ2) is 13.3. The van der Waals surface area contributed by atoms with E-state index in [1.165, 1.54) is 45.9 Å². The molecule has 218 valence electrons. The van der Waals surface area contributed by atoms with Gasteiger partial charge in [-0.25, -0.2) is 9.79 Å². The highest BCUT2D eigenvalue weighted by Gasteiger charge is 2.32. The number of amidine groups is 2. The third-order valence-electron chi connectivity index (χ3n) is 6.03. The van der Waals surface area contributed by atoms with Crippen LogP contribution in [0.3, 0.4) is 0 Å². The summed E-state index contributed by atoms with van der Waals surface area (Å²) in [4.78, 5) is 34.6. The number of halogens is 3. The van der Waals surface area contributed by atoms with Crippen molar-refractivity contribution in [1.29, 1.82) is 0 Å². The van der Waals surface area contributed by atoms with E-state index in [9.17, 15) is 22.8 Å². The Morgan fingerprint density at radius 3 is 2.55 bits per heavy atom. The molecular weight excluding hydrogens is 569 g/mol. The Labute approximate surface area is 244 Å². The van der Waals surface area contributed by atoms with Gasteiger partial charge in [0.2, 0.25) is 5.91 Å². The second-order valence-corrected chi connectivity index (χ2v) is 9.97. The molecule has 0 saturated carbocycles. The standard InChI is InChI=1S/C29H27F3N6O3S/c1-19-7-4-5-10-24(19)38-25(39)18-42-28(38)35-27(40)34-16-15-20-8-6-9-21(17-20)26(33-2)36-37(3)22-11-13-23(14-12-22)41-29(30,31)32/h4-14,17H,2,15-16,18H2,1,3H3,(H,34,40)/b35-28-,36-26-. The molecule has 1 aliphatic heterocycles. The number of urea groups is 1. The first kappa shape index (κ1) is 30.3. The molecule has 1 aliphatic rings. The minimum Gasteiger partial charge on any atom is -0.406 e. The number of nitrogens with one attached hydrogen (secondary N) is 1. The summed E-state index contributed by atoms with van der Waals surface area (Å²) in [7, 11) is 1.63. The van der Waals surface area contributed by atoms with Crippen LogP contribution in [0.4, 0.5) is 29.3 Å². The summed E-state index contributed by atoms with van der Waals surface area (Å²) >= 11 is 1.21. The number of aryl methyl sites for hydroxylation is 1. The number of hydrazone groups is 1. The van der Waals surface area contributed by atoms with Crippen molar-refractivity contribution < 1.29 is 27.5 Å². The van der Waals surface area contributed by atoms with Crippen LogP contribution in [0.25, 0.3) is 0 Å². The summed E-state index contributed by atoms with van der Waals surface area (Å²) in [5.41, 5.74) is 3.65. The molecule has 3 amide bonds. The van der Waals surface area contributed by atoms with Gasteiger partial charge in [-0.3, -0.25) is 14.7 Å². The van der Waals surface area contributed by atoms with Crippen LogP contribution >= 0.6 is 11.8 Å². The number of hydrogen-bond acceptors (Lipinski definition) is 6. The number of para-hydroxylation sites is 1. The van der Waals surface area contributed by atoms with E-state index in [4.69, 9.17) is 0 Å². The Bertz CT molecular complexity index is 1530. The van der Waals surface area contributed by atoms with Crippen LogP contribution in [0.2, 0.25) is 0 Å². The van der Waals surface area contributed by atoms with Gasteiger partial charge in [0.15, 0.2) is 11.0 Å². The van der Waals surface area contributed by atoms with Crippen molar-refractivity contribution in [2.24, 2.45) is 15.1 Å². The van der Waals surface area contributed by atoms with E-state index in [0.29, 0.717) is 40.9 Å². The molecule has 0 atom stereocenters. The van der Waals surface area contributed by atoms with Crippen molar-refractivity contribution in [3.05, 3.63) is 89.5 Å². The number of hydrogen-bond donors (Lipinski definition) is 1. The van der Waals surface area contributed by atoms with Gasteiger partial charge in [-0.1, -0.05) is 48.2 Å². The number of benzene rings is 3. The molecule has 9 nitrogen and oxygen atoms in total. The molecule has 1 saturated heterocycles. The van der Waals surface area contributed by atoms with Crippen LogP contribution in [-0.2, 0) is 11.2 Å². The van der Waals surface area contributed by atoms with Gasteiger partial charge in [0.25, 0.3) is 0 Å². The number of carbonyl (C=O) groups is 2. The predicted octanol–water partition coefficient (Wildman–Crippen LogP) is 5.78. The van der Waals surface area contributed by atoms with Gasteiger partial charge in [0.1, 0.15) is 5.75 Å². The van der Waals surface area contributed by atoms with Crippen LogP contribution in [0.15, 0.2) is 87.9 Å². The fraction of sp³-hybridized carbons (Fsp3) is 0.207. The minimum absolute atomic E-state index is 0.135. The van der Waals surface area contributed by atoms with Gasteiger partial charge in [-0.15, -0.1) is 13.2 Å². The minimum atomic E-state index is -4.77. The van der Waals surface area contributed by atoms with Gasteiger partial charge in [0, 0.05) is 19.2 Å². The molecule has 0 radical (unpaired) electrons. The molecule has 3 aromatic rings. The predicted molar refractivity (Wildman–Crippen MR) is 160 cm³/mol. The zero-order valence-electron chi connectivity index (χ0n) is 22.8. The van der Waals surface area contributed by atoms with Gasteiger partial charge in [0.05, 0.1) is 17.1 Å². The van der Waals surface area contributed by atoms with E-state index >= 15 is 0 Å². The third-order valence-corrected chi connectivity index (χ3v) is 6.96. The number of nitrogens with zero attached hydrogens (tertiary/aromatic N) is 5. The highest BCUT2D eigenvalue weighted by molar-refractivity contribution is 8.15. The largest absolute Gasteiger partial charge is 0.573 e. The van der Waals surface area contributed by atoms with Crippen LogP contribution in [-0.4, -0.2) is 55.4 Å². The molecule has 13 heteroatoms. The van der Waals surface area contributed by atoms with Gasteiger partial charge >= 0.3 is 12.4 Å². The van der Waals surface area contributed by atoms with Crippen molar-refractivity contribution in [2.45, 2.75) is 19.7 Å². The number of ether oxygens (including phenoxy) is 1. The second-order valence-electron chi connectivity index (χ2n) is 9.03. The summed E-state index contributed by atoms with van der Waals surface area (Å²) in [6.45, 7) is 5.77. The number of thioether (sulfide) groups is 1. The average Bonchev–Trinajstić information content (AvgIpc) is 3.30. The monoisotopic (exact) mass is 596 g/mol.